The lowest BCUT2D eigenvalue weighted by atomic mass is 10.0. The summed E-state index contributed by atoms with van der Waals surface area (Å²) in [5.41, 5.74) is -0.210. The van der Waals surface area contributed by atoms with E-state index >= 15 is 0 Å². The Balaban J connectivity index is 0.000000174. The fourth-order valence-electron chi connectivity index (χ4n) is 5.81. The molecule has 0 radical (unpaired) electrons. The Hall–Kier alpha value is -6.55. The number of sulfonamides is 1. The molecular weight excluding hydrogens is 792 g/mol. The molecule has 4 N–H and O–H groups in total. The number of carbonyl (C=O) groups excluding carboxylic acids is 2. The molecule has 0 bridgehead atoms. The number of ketones is 2. The molecule has 0 atom stereocenters. The second-order valence-corrected chi connectivity index (χ2v) is 15.4. The van der Waals surface area contributed by atoms with Gasteiger partial charge in [0, 0.05) is 48.6 Å². The zero-order chi connectivity index (χ0) is 40.3. The molecule has 8 rings (SSSR count). The zero-order valence-corrected chi connectivity index (χ0v) is 30.7. The van der Waals surface area contributed by atoms with Crippen LogP contribution in [0.5, 0.6) is 0 Å². The normalized spacial score (nSPS) is 13.5. The molecule has 1 fully saturated rings. The third kappa shape index (κ3) is 7.94. The lowest BCUT2D eigenvalue weighted by molar-refractivity contribution is 0.0733. The summed E-state index contributed by atoms with van der Waals surface area (Å²) in [6.07, 6.45) is 8.28. The summed E-state index contributed by atoms with van der Waals surface area (Å²) < 4.78 is 104. The number of aromatic amines is 2. The van der Waals surface area contributed by atoms with Crippen molar-refractivity contribution in [3.8, 4) is 0 Å². The number of benzene rings is 3. The van der Waals surface area contributed by atoms with E-state index < -0.39 is 59.8 Å². The lowest BCUT2D eigenvalue weighted by Crippen LogP contribution is -2.43. The number of hydrogen-bond donors (Lipinski definition) is 4. The molecule has 1 aliphatic rings. The van der Waals surface area contributed by atoms with Gasteiger partial charge in [0.25, 0.3) is 10.0 Å². The molecule has 4 aromatic heterocycles. The smallest absolute Gasteiger partial charge is 0.301 e. The fourth-order valence-corrected chi connectivity index (χ4v) is 8.15. The highest BCUT2D eigenvalue weighted by molar-refractivity contribution is 7.92. The van der Waals surface area contributed by atoms with Gasteiger partial charge in [-0.1, -0.05) is 24.3 Å². The van der Waals surface area contributed by atoms with Crippen LogP contribution in [0.15, 0.2) is 103 Å². The lowest BCUT2D eigenvalue weighted by Gasteiger charge is -2.26. The number of nitrogens with one attached hydrogen (secondary N) is 4. The summed E-state index contributed by atoms with van der Waals surface area (Å²) in [6.45, 7) is 0.880. The average Bonchev–Trinajstić information content (AvgIpc) is 3.85. The van der Waals surface area contributed by atoms with Gasteiger partial charge in [-0.15, -0.1) is 0 Å². The monoisotopic (exact) mass is 819 g/mol. The Morgan fingerprint density at radius 2 is 1.18 bits per heavy atom. The van der Waals surface area contributed by atoms with Crippen molar-refractivity contribution < 1.29 is 44.3 Å². The second-order valence-electron chi connectivity index (χ2n) is 12.1. The third-order valence-corrected chi connectivity index (χ3v) is 11.5. The number of anilines is 2. The standard InChI is InChI=1S/C19H12F2N4O3S.C17H16FN5O4S/c20-14-5-1-2-7-16(14)29(27,28)25-15-6-3-4-11(17(15)21)18(26)12-9-23-19-13(12)8-22-10-24-19;18-15-11(16(24)12-9-20-17-13(12)8-19-10-21-17)2-1-3-14(15)22-28(25,26)23-4-6-27-7-5-23/h1-10,25H,(H,22,23,24);1-3,8-10,22H,4-7H2,(H,19,20,21). The maximum absolute atomic E-state index is 15.0. The molecule has 5 heterocycles. The molecule has 0 aliphatic carbocycles. The van der Waals surface area contributed by atoms with Crippen molar-refractivity contribution in [2.75, 3.05) is 35.7 Å². The van der Waals surface area contributed by atoms with Gasteiger partial charge in [0.1, 0.15) is 34.7 Å². The Bertz CT molecular complexity index is 2880. The van der Waals surface area contributed by atoms with Crippen molar-refractivity contribution in [1.82, 2.24) is 34.2 Å². The molecule has 0 saturated carbocycles. The zero-order valence-electron chi connectivity index (χ0n) is 29.1. The minimum atomic E-state index is -4.40. The summed E-state index contributed by atoms with van der Waals surface area (Å²) in [5.74, 6) is -4.30. The molecule has 57 heavy (non-hydrogen) atoms. The van der Waals surface area contributed by atoms with Crippen LogP contribution in [-0.2, 0) is 25.0 Å². The summed E-state index contributed by atoms with van der Waals surface area (Å²) in [7, 11) is -8.36. The van der Waals surface area contributed by atoms with Crippen LogP contribution in [0.1, 0.15) is 31.8 Å². The predicted octanol–water partition coefficient (Wildman–Crippen LogP) is 4.58. The number of morpholine rings is 1. The van der Waals surface area contributed by atoms with E-state index in [1.807, 2.05) is 4.72 Å². The van der Waals surface area contributed by atoms with Crippen LogP contribution in [0.3, 0.4) is 0 Å². The molecule has 21 heteroatoms. The van der Waals surface area contributed by atoms with Gasteiger partial charge in [-0.05, 0) is 36.4 Å². The van der Waals surface area contributed by atoms with Gasteiger partial charge in [0.05, 0.1) is 46.8 Å². The van der Waals surface area contributed by atoms with E-state index in [-0.39, 0.29) is 54.2 Å². The van der Waals surface area contributed by atoms with Gasteiger partial charge in [0.15, 0.2) is 23.2 Å². The highest BCUT2D eigenvalue weighted by Gasteiger charge is 2.28. The largest absolute Gasteiger partial charge is 0.379 e. The molecule has 1 saturated heterocycles. The van der Waals surface area contributed by atoms with E-state index in [1.165, 1.54) is 84.2 Å². The number of nitrogens with zero attached hydrogens (tertiary/aromatic N) is 5. The molecule has 0 amide bonds. The topological polar surface area (TPSA) is 222 Å². The molecule has 292 valence electrons. The van der Waals surface area contributed by atoms with Crippen LogP contribution in [-0.4, -0.2) is 88.9 Å². The first kappa shape index (κ1) is 38.7. The number of hydrogen-bond acceptors (Lipinski definition) is 11. The Labute approximate surface area is 321 Å². The van der Waals surface area contributed by atoms with Crippen molar-refractivity contribution in [1.29, 1.82) is 0 Å². The number of ether oxygens (including phenoxy) is 1. The first-order chi connectivity index (χ1) is 27.4. The number of rotatable bonds is 10. The second kappa shape index (κ2) is 15.9. The van der Waals surface area contributed by atoms with Crippen LogP contribution >= 0.6 is 0 Å². The maximum Gasteiger partial charge on any atom is 0.301 e. The van der Waals surface area contributed by atoms with Gasteiger partial charge in [-0.2, -0.15) is 12.7 Å². The van der Waals surface area contributed by atoms with E-state index in [0.717, 1.165) is 18.2 Å². The minimum Gasteiger partial charge on any atom is -0.379 e. The number of halogens is 3. The average molecular weight is 820 g/mol. The number of aromatic nitrogens is 6. The van der Waals surface area contributed by atoms with E-state index in [0.29, 0.717) is 22.1 Å². The van der Waals surface area contributed by atoms with Crippen LogP contribution in [0, 0.1) is 17.5 Å². The summed E-state index contributed by atoms with van der Waals surface area (Å²) >= 11 is 0. The highest BCUT2D eigenvalue weighted by atomic mass is 32.2. The Kier molecular flexibility index (Phi) is 10.8. The van der Waals surface area contributed by atoms with E-state index in [1.54, 1.807) is 0 Å². The molecular formula is C36H28F3N9O7S2. The molecule has 3 aromatic carbocycles. The van der Waals surface area contributed by atoms with Crippen LogP contribution in [0.25, 0.3) is 22.1 Å². The number of H-pyrrole nitrogens is 2. The number of carbonyl (C=O) groups is 2. The molecule has 7 aromatic rings. The van der Waals surface area contributed by atoms with E-state index in [9.17, 15) is 39.6 Å². The van der Waals surface area contributed by atoms with Gasteiger partial charge in [0.2, 0.25) is 0 Å². The predicted molar refractivity (Wildman–Crippen MR) is 200 cm³/mol. The van der Waals surface area contributed by atoms with E-state index in [2.05, 4.69) is 34.6 Å². The first-order valence-electron chi connectivity index (χ1n) is 16.7. The van der Waals surface area contributed by atoms with Crippen molar-refractivity contribution in [2.24, 2.45) is 0 Å². The third-order valence-electron chi connectivity index (χ3n) is 8.61. The summed E-state index contributed by atoms with van der Waals surface area (Å²) in [4.78, 5) is 46.4. The van der Waals surface area contributed by atoms with Gasteiger partial charge < -0.3 is 14.7 Å². The highest BCUT2D eigenvalue weighted by Crippen LogP contribution is 2.28. The van der Waals surface area contributed by atoms with Crippen LogP contribution in [0.2, 0.25) is 0 Å². The van der Waals surface area contributed by atoms with E-state index in [4.69, 9.17) is 4.74 Å². The molecule has 0 unspecified atom stereocenters. The van der Waals surface area contributed by atoms with Gasteiger partial charge in [-0.25, -0.2) is 41.5 Å². The number of fused-ring (bicyclic) bond motifs is 2. The first-order valence-corrected chi connectivity index (χ1v) is 19.6. The Morgan fingerprint density at radius 1 is 0.667 bits per heavy atom. The SMILES string of the molecule is O=C(c1cccc(NS(=O)(=O)N2CCOCC2)c1F)c1c[nH]c2ncncc12.O=C(c1cccc(NS(=O)(=O)c2ccccc2F)c1F)c1c[nH]c2ncncc12. The van der Waals surface area contributed by atoms with Crippen molar-refractivity contribution >= 4 is 65.2 Å². The molecule has 1 aliphatic heterocycles. The molecule has 16 nitrogen and oxygen atoms in total. The van der Waals surface area contributed by atoms with Crippen LogP contribution in [0.4, 0.5) is 24.5 Å². The molecule has 0 spiro atoms. The fraction of sp³-hybridized carbons (Fsp3) is 0.111. The minimum absolute atomic E-state index is 0.133. The van der Waals surface area contributed by atoms with Crippen LogP contribution < -0.4 is 9.44 Å². The van der Waals surface area contributed by atoms with Crippen molar-refractivity contribution in [2.45, 2.75) is 4.90 Å². The maximum atomic E-state index is 15.0. The summed E-state index contributed by atoms with van der Waals surface area (Å²) in [5, 5.41) is 0.848. The quantitative estimate of drug-likeness (QED) is 0.140. The van der Waals surface area contributed by atoms with Gasteiger partial charge in [-0.3, -0.25) is 19.0 Å². The van der Waals surface area contributed by atoms with Gasteiger partial charge >= 0.3 is 10.2 Å². The van der Waals surface area contributed by atoms with Crippen molar-refractivity contribution in [3.63, 3.8) is 0 Å². The Morgan fingerprint density at radius 3 is 1.70 bits per heavy atom. The van der Waals surface area contributed by atoms with Crippen molar-refractivity contribution in [3.05, 3.63) is 138 Å². The summed E-state index contributed by atoms with van der Waals surface area (Å²) in [6, 6.07) is 12.4.